The first-order valence-corrected chi connectivity index (χ1v) is 8.18. The standard InChI is InChI=1S/C18H16BrN3O2/c1-22-17(16(19)11-20-22)14-8-5-9-15(10-14)21-18(23)24-12-13-6-3-2-4-7-13/h2-11H,12H2,1H3,(H,21,23). The van der Waals surface area contributed by atoms with Gasteiger partial charge in [-0.15, -0.1) is 0 Å². The zero-order chi connectivity index (χ0) is 16.9. The van der Waals surface area contributed by atoms with Crippen molar-refractivity contribution in [2.24, 2.45) is 7.05 Å². The lowest BCUT2D eigenvalue weighted by atomic mass is 10.1. The Balaban J connectivity index is 1.67. The largest absolute Gasteiger partial charge is 0.444 e. The second-order valence-electron chi connectivity index (χ2n) is 5.23. The lowest BCUT2D eigenvalue weighted by molar-refractivity contribution is 0.155. The van der Waals surface area contributed by atoms with Gasteiger partial charge in [0.25, 0.3) is 0 Å². The monoisotopic (exact) mass is 385 g/mol. The highest BCUT2D eigenvalue weighted by molar-refractivity contribution is 9.10. The summed E-state index contributed by atoms with van der Waals surface area (Å²) in [5.41, 5.74) is 3.50. The molecule has 1 heterocycles. The maximum absolute atomic E-state index is 12.0. The van der Waals surface area contributed by atoms with Crippen LogP contribution in [0.5, 0.6) is 0 Å². The zero-order valence-corrected chi connectivity index (χ0v) is 14.7. The third-order valence-electron chi connectivity index (χ3n) is 3.49. The average Bonchev–Trinajstić information content (AvgIpc) is 2.93. The Labute approximate surface area is 148 Å². The van der Waals surface area contributed by atoms with Gasteiger partial charge in [-0.3, -0.25) is 10.00 Å². The van der Waals surface area contributed by atoms with Crippen LogP contribution in [0.2, 0.25) is 0 Å². The highest BCUT2D eigenvalue weighted by Crippen LogP contribution is 2.29. The van der Waals surface area contributed by atoms with Crippen LogP contribution in [-0.4, -0.2) is 15.9 Å². The molecule has 0 spiro atoms. The van der Waals surface area contributed by atoms with E-state index in [1.807, 2.05) is 61.6 Å². The third kappa shape index (κ3) is 3.83. The molecule has 24 heavy (non-hydrogen) atoms. The minimum absolute atomic E-state index is 0.236. The van der Waals surface area contributed by atoms with Gasteiger partial charge in [0.15, 0.2) is 0 Å². The first-order valence-electron chi connectivity index (χ1n) is 7.39. The number of aromatic nitrogens is 2. The summed E-state index contributed by atoms with van der Waals surface area (Å²) in [6.07, 6.45) is 1.25. The molecule has 1 N–H and O–H groups in total. The van der Waals surface area contributed by atoms with Crippen LogP contribution in [0.25, 0.3) is 11.3 Å². The zero-order valence-electron chi connectivity index (χ0n) is 13.1. The van der Waals surface area contributed by atoms with Crippen molar-refractivity contribution >= 4 is 27.7 Å². The van der Waals surface area contributed by atoms with Crippen LogP contribution < -0.4 is 5.32 Å². The smallest absolute Gasteiger partial charge is 0.411 e. The summed E-state index contributed by atoms with van der Waals surface area (Å²) in [6, 6.07) is 17.1. The first kappa shape index (κ1) is 16.3. The summed E-state index contributed by atoms with van der Waals surface area (Å²) in [5.74, 6) is 0. The molecule has 1 amide bonds. The highest BCUT2D eigenvalue weighted by Gasteiger charge is 2.10. The van der Waals surface area contributed by atoms with E-state index in [4.69, 9.17) is 4.74 Å². The molecular formula is C18H16BrN3O2. The number of carbonyl (C=O) groups excluding carboxylic acids is 1. The molecule has 0 atom stereocenters. The molecule has 122 valence electrons. The molecule has 0 saturated carbocycles. The summed E-state index contributed by atoms with van der Waals surface area (Å²) in [5, 5.41) is 6.95. The van der Waals surface area contributed by atoms with E-state index in [1.54, 1.807) is 10.9 Å². The summed E-state index contributed by atoms with van der Waals surface area (Å²) in [7, 11) is 1.87. The van der Waals surface area contributed by atoms with E-state index in [9.17, 15) is 4.79 Å². The third-order valence-corrected chi connectivity index (χ3v) is 4.07. The normalized spacial score (nSPS) is 10.4. The van der Waals surface area contributed by atoms with Crippen molar-refractivity contribution in [3.05, 3.63) is 70.8 Å². The number of rotatable bonds is 4. The minimum Gasteiger partial charge on any atom is -0.444 e. The van der Waals surface area contributed by atoms with Crippen LogP contribution in [0.4, 0.5) is 10.5 Å². The molecule has 5 nitrogen and oxygen atoms in total. The molecule has 2 aromatic carbocycles. The lowest BCUT2D eigenvalue weighted by Crippen LogP contribution is -2.13. The van der Waals surface area contributed by atoms with Crippen molar-refractivity contribution in [1.82, 2.24) is 9.78 Å². The minimum atomic E-state index is -0.486. The molecule has 1 aromatic heterocycles. The second-order valence-corrected chi connectivity index (χ2v) is 6.09. The number of aryl methyl sites for hydroxylation is 1. The predicted molar refractivity (Wildman–Crippen MR) is 96.6 cm³/mol. The van der Waals surface area contributed by atoms with E-state index < -0.39 is 6.09 Å². The summed E-state index contributed by atoms with van der Waals surface area (Å²) >= 11 is 3.48. The fraction of sp³-hybridized carbons (Fsp3) is 0.111. The van der Waals surface area contributed by atoms with E-state index in [0.29, 0.717) is 5.69 Å². The van der Waals surface area contributed by atoms with Crippen molar-refractivity contribution in [2.45, 2.75) is 6.61 Å². The van der Waals surface area contributed by atoms with Crippen LogP contribution in [0.3, 0.4) is 0 Å². The molecule has 0 bridgehead atoms. The molecule has 0 aliphatic heterocycles. The molecule has 0 saturated heterocycles. The number of hydrogen-bond donors (Lipinski definition) is 1. The average molecular weight is 386 g/mol. The molecule has 6 heteroatoms. The number of benzene rings is 2. The Hall–Kier alpha value is -2.60. The van der Waals surface area contributed by atoms with Crippen LogP contribution in [0.15, 0.2) is 65.3 Å². The topological polar surface area (TPSA) is 56.2 Å². The molecule has 3 rings (SSSR count). The van der Waals surface area contributed by atoms with Crippen LogP contribution in [0, 0.1) is 0 Å². The van der Waals surface area contributed by atoms with Gasteiger partial charge in [-0.05, 0) is 33.6 Å². The number of hydrogen-bond acceptors (Lipinski definition) is 3. The van der Waals surface area contributed by atoms with Gasteiger partial charge in [-0.2, -0.15) is 5.10 Å². The molecule has 3 aromatic rings. The quantitative estimate of drug-likeness (QED) is 0.713. The first-order chi connectivity index (χ1) is 11.6. The molecule has 0 unspecified atom stereocenters. The lowest BCUT2D eigenvalue weighted by Gasteiger charge is -2.09. The van der Waals surface area contributed by atoms with E-state index in [2.05, 4.69) is 26.3 Å². The van der Waals surface area contributed by atoms with Gasteiger partial charge in [-0.1, -0.05) is 42.5 Å². The van der Waals surface area contributed by atoms with E-state index in [-0.39, 0.29) is 6.61 Å². The predicted octanol–water partition coefficient (Wildman–Crippen LogP) is 4.60. The van der Waals surface area contributed by atoms with E-state index >= 15 is 0 Å². The van der Waals surface area contributed by atoms with Gasteiger partial charge in [0.1, 0.15) is 6.61 Å². The van der Waals surface area contributed by atoms with Gasteiger partial charge in [0.05, 0.1) is 16.4 Å². The number of nitrogens with zero attached hydrogens (tertiary/aromatic N) is 2. The number of ether oxygens (including phenoxy) is 1. The summed E-state index contributed by atoms with van der Waals surface area (Å²) < 4.78 is 7.90. The number of anilines is 1. The summed E-state index contributed by atoms with van der Waals surface area (Å²) in [4.78, 5) is 12.0. The van der Waals surface area contributed by atoms with Gasteiger partial charge in [-0.25, -0.2) is 4.79 Å². The van der Waals surface area contributed by atoms with Crippen molar-refractivity contribution in [2.75, 3.05) is 5.32 Å². The Morgan fingerprint density at radius 1 is 1.21 bits per heavy atom. The number of halogens is 1. The maximum atomic E-state index is 12.0. The second kappa shape index (κ2) is 7.31. The number of nitrogens with one attached hydrogen (secondary N) is 1. The Kier molecular flexibility index (Phi) is 4.96. The fourth-order valence-corrected chi connectivity index (χ4v) is 2.93. The Morgan fingerprint density at radius 2 is 2.00 bits per heavy atom. The Morgan fingerprint density at radius 3 is 2.71 bits per heavy atom. The number of amides is 1. The van der Waals surface area contributed by atoms with E-state index in [0.717, 1.165) is 21.3 Å². The van der Waals surface area contributed by atoms with Gasteiger partial charge >= 0.3 is 6.09 Å². The number of carbonyl (C=O) groups is 1. The van der Waals surface area contributed by atoms with Crippen molar-refractivity contribution in [1.29, 1.82) is 0 Å². The van der Waals surface area contributed by atoms with Crippen LogP contribution >= 0.6 is 15.9 Å². The van der Waals surface area contributed by atoms with Crippen LogP contribution in [0.1, 0.15) is 5.56 Å². The molecule has 0 radical (unpaired) electrons. The SMILES string of the molecule is Cn1ncc(Br)c1-c1cccc(NC(=O)OCc2ccccc2)c1. The van der Waals surface area contributed by atoms with E-state index in [1.165, 1.54) is 0 Å². The molecule has 0 fully saturated rings. The molecule has 0 aliphatic carbocycles. The summed E-state index contributed by atoms with van der Waals surface area (Å²) in [6.45, 7) is 0.236. The molecular weight excluding hydrogens is 370 g/mol. The maximum Gasteiger partial charge on any atom is 0.411 e. The van der Waals surface area contributed by atoms with Gasteiger partial charge in [0, 0.05) is 18.3 Å². The highest BCUT2D eigenvalue weighted by atomic mass is 79.9. The van der Waals surface area contributed by atoms with Crippen molar-refractivity contribution in [3.8, 4) is 11.3 Å². The van der Waals surface area contributed by atoms with Gasteiger partial charge in [0.2, 0.25) is 0 Å². The van der Waals surface area contributed by atoms with Gasteiger partial charge < -0.3 is 4.74 Å². The van der Waals surface area contributed by atoms with Crippen molar-refractivity contribution < 1.29 is 9.53 Å². The molecule has 0 aliphatic rings. The van der Waals surface area contributed by atoms with Crippen LogP contribution in [-0.2, 0) is 18.4 Å². The fourth-order valence-electron chi connectivity index (χ4n) is 2.36. The van der Waals surface area contributed by atoms with Crippen molar-refractivity contribution in [3.63, 3.8) is 0 Å². The Bertz CT molecular complexity index is 827.